The van der Waals surface area contributed by atoms with Gasteiger partial charge in [-0.25, -0.2) is 9.78 Å². The van der Waals surface area contributed by atoms with Crippen molar-refractivity contribution in [2.24, 2.45) is 0 Å². The fourth-order valence-corrected chi connectivity index (χ4v) is 3.20. The Labute approximate surface area is 115 Å². The summed E-state index contributed by atoms with van der Waals surface area (Å²) in [6.07, 6.45) is 1.71. The number of hydrogen-bond acceptors (Lipinski definition) is 5. The van der Waals surface area contributed by atoms with Gasteiger partial charge < -0.3 is 9.67 Å². The number of pyridine rings is 1. The highest BCUT2D eigenvalue weighted by Gasteiger charge is 2.10. The van der Waals surface area contributed by atoms with Crippen LogP contribution in [0.4, 0.5) is 0 Å². The van der Waals surface area contributed by atoms with Crippen molar-refractivity contribution in [3.63, 3.8) is 0 Å². The highest BCUT2D eigenvalue weighted by Crippen LogP contribution is 2.17. The van der Waals surface area contributed by atoms with Crippen LogP contribution in [-0.2, 0) is 6.54 Å². The van der Waals surface area contributed by atoms with E-state index in [1.54, 1.807) is 17.6 Å². The van der Waals surface area contributed by atoms with E-state index in [0.29, 0.717) is 11.1 Å². The van der Waals surface area contributed by atoms with Crippen LogP contribution < -0.4 is 5.56 Å². The second kappa shape index (κ2) is 4.60. The van der Waals surface area contributed by atoms with E-state index in [4.69, 9.17) is 5.11 Å². The van der Waals surface area contributed by atoms with E-state index in [1.165, 1.54) is 15.9 Å². The molecule has 5 nitrogen and oxygen atoms in total. The quantitative estimate of drug-likeness (QED) is 0.803. The van der Waals surface area contributed by atoms with Gasteiger partial charge >= 0.3 is 5.97 Å². The number of aromatic nitrogens is 2. The predicted octanol–water partition coefficient (Wildman–Crippen LogP) is 2.27. The summed E-state index contributed by atoms with van der Waals surface area (Å²) in [5.41, 5.74) is 0.503. The van der Waals surface area contributed by atoms with Crippen LogP contribution in [0, 0.1) is 0 Å². The van der Waals surface area contributed by atoms with Crippen LogP contribution in [0.2, 0.25) is 0 Å². The number of carbonyl (C=O) groups is 1. The van der Waals surface area contributed by atoms with Crippen molar-refractivity contribution in [3.8, 4) is 0 Å². The number of carboxylic acids is 1. The third kappa shape index (κ3) is 2.18. The largest absolute Gasteiger partial charge is 0.476 e. The number of aromatic carboxylic acids is 1. The van der Waals surface area contributed by atoms with E-state index in [-0.39, 0.29) is 17.1 Å². The van der Waals surface area contributed by atoms with E-state index in [2.05, 4.69) is 4.98 Å². The standard InChI is InChI=1S/C12H8N2O3S2/c15-11-8-2-4-18-9(8)1-3-14(11)5-7-6-19-10(13-7)12(16)17/h1-4,6H,5H2,(H,16,17). The maximum absolute atomic E-state index is 12.2. The van der Waals surface area contributed by atoms with Crippen LogP contribution in [0.3, 0.4) is 0 Å². The highest BCUT2D eigenvalue weighted by molar-refractivity contribution is 7.17. The van der Waals surface area contributed by atoms with Gasteiger partial charge in [0.1, 0.15) is 0 Å². The monoisotopic (exact) mass is 292 g/mol. The smallest absolute Gasteiger partial charge is 0.365 e. The van der Waals surface area contributed by atoms with Gasteiger partial charge in [0.2, 0.25) is 5.01 Å². The van der Waals surface area contributed by atoms with E-state index in [1.807, 2.05) is 11.4 Å². The molecular formula is C12H8N2O3S2. The van der Waals surface area contributed by atoms with Gasteiger partial charge in [0.25, 0.3) is 5.56 Å². The summed E-state index contributed by atoms with van der Waals surface area (Å²) in [6.45, 7) is 0.286. The van der Waals surface area contributed by atoms with Crippen LogP contribution in [-0.4, -0.2) is 20.6 Å². The van der Waals surface area contributed by atoms with Crippen molar-refractivity contribution in [1.82, 2.24) is 9.55 Å². The lowest BCUT2D eigenvalue weighted by atomic mass is 10.3. The Morgan fingerprint density at radius 3 is 2.95 bits per heavy atom. The maximum Gasteiger partial charge on any atom is 0.365 e. The van der Waals surface area contributed by atoms with Crippen molar-refractivity contribution in [2.45, 2.75) is 6.54 Å². The lowest BCUT2D eigenvalue weighted by Gasteiger charge is -2.02. The van der Waals surface area contributed by atoms with Gasteiger partial charge in [0.15, 0.2) is 0 Å². The molecule has 0 amide bonds. The fourth-order valence-electron chi connectivity index (χ4n) is 1.78. The average molecular weight is 292 g/mol. The van der Waals surface area contributed by atoms with Gasteiger partial charge in [-0.2, -0.15) is 0 Å². The molecule has 1 N–H and O–H groups in total. The molecule has 0 aromatic carbocycles. The molecule has 0 aliphatic heterocycles. The summed E-state index contributed by atoms with van der Waals surface area (Å²) in [6, 6.07) is 3.68. The minimum absolute atomic E-state index is 0.0414. The Hall–Kier alpha value is -1.99. The van der Waals surface area contributed by atoms with Gasteiger partial charge in [0.05, 0.1) is 17.6 Å². The molecule has 0 bridgehead atoms. The molecule has 3 heterocycles. The number of hydrogen-bond donors (Lipinski definition) is 1. The number of fused-ring (bicyclic) bond motifs is 1. The van der Waals surface area contributed by atoms with Crippen molar-refractivity contribution in [1.29, 1.82) is 0 Å². The Bertz CT molecular complexity index is 816. The molecule has 0 spiro atoms. The maximum atomic E-state index is 12.2. The zero-order valence-corrected chi connectivity index (χ0v) is 11.2. The highest BCUT2D eigenvalue weighted by atomic mass is 32.1. The lowest BCUT2D eigenvalue weighted by molar-refractivity contribution is 0.0696. The first-order valence-corrected chi connectivity index (χ1v) is 7.15. The van der Waals surface area contributed by atoms with E-state index < -0.39 is 5.97 Å². The molecule has 96 valence electrons. The normalized spacial score (nSPS) is 10.9. The second-order valence-electron chi connectivity index (χ2n) is 3.90. The predicted molar refractivity (Wildman–Crippen MR) is 74.3 cm³/mol. The third-order valence-corrected chi connectivity index (χ3v) is 4.42. The summed E-state index contributed by atoms with van der Waals surface area (Å²) in [5.74, 6) is -1.04. The van der Waals surface area contributed by atoms with Crippen molar-refractivity contribution >= 4 is 38.7 Å². The SMILES string of the molecule is O=C(O)c1nc(Cn2ccc3sccc3c2=O)cs1. The Morgan fingerprint density at radius 1 is 1.37 bits per heavy atom. The molecule has 0 aliphatic rings. The summed E-state index contributed by atoms with van der Waals surface area (Å²) >= 11 is 2.58. The molecule has 0 aliphatic carbocycles. The van der Waals surface area contributed by atoms with Crippen LogP contribution in [0.25, 0.3) is 10.1 Å². The Morgan fingerprint density at radius 2 is 2.21 bits per heavy atom. The number of carboxylic acid groups (broad SMARTS) is 1. The zero-order chi connectivity index (χ0) is 13.4. The second-order valence-corrected chi connectivity index (χ2v) is 5.70. The van der Waals surface area contributed by atoms with Crippen molar-refractivity contribution in [2.75, 3.05) is 0 Å². The molecule has 0 saturated heterocycles. The number of rotatable bonds is 3. The topological polar surface area (TPSA) is 72.2 Å². The van der Waals surface area contributed by atoms with Crippen LogP contribution in [0.5, 0.6) is 0 Å². The zero-order valence-electron chi connectivity index (χ0n) is 9.57. The fraction of sp³-hybridized carbons (Fsp3) is 0.0833. The number of thiazole rings is 1. The minimum Gasteiger partial charge on any atom is -0.476 e. The van der Waals surface area contributed by atoms with E-state index in [9.17, 15) is 9.59 Å². The van der Waals surface area contributed by atoms with Gasteiger partial charge in [-0.05, 0) is 17.5 Å². The minimum atomic E-state index is -1.04. The van der Waals surface area contributed by atoms with Crippen LogP contribution >= 0.6 is 22.7 Å². The lowest BCUT2D eigenvalue weighted by Crippen LogP contribution is -2.19. The van der Waals surface area contributed by atoms with Crippen molar-refractivity contribution < 1.29 is 9.90 Å². The van der Waals surface area contributed by atoms with Gasteiger partial charge in [-0.1, -0.05) is 0 Å². The molecule has 0 fully saturated rings. The Kier molecular flexibility index (Phi) is 2.92. The summed E-state index contributed by atoms with van der Waals surface area (Å²) in [7, 11) is 0. The van der Waals surface area contributed by atoms with Gasteiger partial charge in [0, 0.05) is 16.3 Å². The molecule has 0 unspecified atom stereocenters. The molecule has 0 radical (unpaired) electrons. The summed E-state index contributed by atoms with van der Waals surface area (Å²) in [5, 5.41) is 13.1. The van der Waals surface area contributed by atoms with Crippen LogP contribution in [0.15, 0.2) is 33.9 Å². The van der Waals surface area contributed by atoms with E-state index >= 15 is 0 Å². The van der Waals surface area contributed by atoms with E-state index in [0.717, 1.165) is 16.0 Å². The van der Waals surface area contributed by atoms with Gasteiger partial charge in [-0.3, -0.25) is 4.79 Å². The molecule has 0 saturated carbocycles. The first kappa shape index (κ1) is 12.1. The third-order valence-electron chi connectivity index (χ3n) is 2.66. The Balaban J connectivity index is 1.98. The summed E-state index contributed by atoms with van der Waals surface area (Å²) in [4.78, 5) is 26.9. The van der Waals surface area contributed by atoms with Gasteiger partial charge in [-0.15, -0.1) is 22.7 Å². The summed E-state index contributed by atoms with van der Waals surface area (Å²) < 4.78 is 2.49. The molecule has 3 rings (SSSR count). The molecule has 0 atom stereocenters. The number of thiophene rings is 1. The first-order chi connectivity index (χ1) is 9.15. The molecule has 19 heavy (non-hydrogen) atoms. The molecule has 7 heteroatoms. The average Bonchev–Trinajstić information content (AvgIpc) is 3.01. The number of nitrogens with zero attached hydrogens (tertiary/aromatic N) is 2. The van der Waals surface area contributed by atoms with Crippen LogP contribution in [0.1, 0.15) is 15.5 Å². The molecule has 3 aromatic heterocycles. The molecule has 3 aromatic rings. The molecular weight excluding hydrogens is 284 g/mol. The van der Waals surface area contributed by atoms with Crippen molar-refractivity contribution in [3.05, 3.63) is 50.1 Å². The first-order valence-electron chi connectivity index (χ1n) is 5.39.